The Hall–Kier alpha value is -7.18. The van der Waals surface area contributed by atoms with Crippen LogP contribution in [0.5, 0.6) is 0 Å². The summed E-state index contributed by atoms with van der Waals surface area (Å²) in [6.45, 7) is 0. The van der Waals surface area contributed by atoms with Crippen molar-refractivity contribution < 1.29 is 4.42 Å². The number of hydrogen-bond acceptors (Lipinski definition) is 5. The minimum Gasteiger partial charge on any atom is -0.436 e. The van der Waals surface area contributed by atoms with Crippen LogP contribution in [-0.2, 0) is 0 Å². The molecule has 0 aliphatic heterocycles. The van der Waals surface area contributed by atoms with E-state index in [0.29, 0.717) is 28.9 Å². The molecule has 0 unspecified atom stereocenters. The molecule has 10 rings (SSSR count). The third kappa shape index (κ3) is 5.22. The molecule has 7 aromatic carbocycles. The van der Waals surface area contributed by atoms with Crippen molar-refractivity contribution in [3.05, 3.63) is 176 Å². The predicted molar refractivity (Wildman–Crippen MR) is 209 cm³/mol. The number of nitrogens with zero attached hydrogens (tertiary/aromatic N) is 5. The predicted octanol–water partition coefficient (Wildman–Crippen LogP) is 11.4. The molecule has 0 fully saturated rings. The van der Waals surface area contributed by atoms with Gasteiger partial charge >= 0.3 is 0 Å². The Bertz CT molecular complexity index is 2840. The molecule has 6 heteroatoms. The van der Waals surface area contributed by atoms with Crippen LogP contribution in [0.15, 0.2) is 180 Å². The molecule has 0 aliphatic rings. The highest BCUT2D eigenvalue weighted by Crippen LogP contribution is 2.34. The van der Waals surface area contributed by atoms with E-state index in [2.05, 4.69) is 126 Å². The van der Waals surface area contributed by atoms with Crippen LogP contribution >= 0.6 is 0 Å². The number of rotatable bonds is 6. The summed E-state index contributed by atoms with van der Waals surface area (Å²) in [4.78, 5) is 20.0. The van der Waals surface area contributed by atoms with Crippen LogP contribution in [-0.4, -0.2) is 24.5 Å². The zero-order chi connectivity index (χ0) is 34.4. The van der Waals surface area contributed by atoms with E-state index >= 15 is 0 Å². The number of aromatic nitrogens is 5. The largest absolute Gasteiger partial charge is 0.436 e. The van der Waals surface area contributed by atoms with Crippen molar-refractivity contribution in [2.24, 2.45) is 0 Å². The molecule has 3 aromatic heterocycles. The van der Waals surface area contributed by atoms with Crippen molar-refractivity contribution in [1.29, 1.82) is 0 Å². The molecule has 0 aliphatic carbocycles. The molecule has 0 radical (unpaired) electrons. The van der Waals surface area contributed by atoms with Crippen LogP contribution in [0.1, 0.15) is 0 Å². The van der Waals surface area contributed by atoms with Crippen LogP contribution in [0.25, 0.3) is 95.3 Å². The van der Waals surface area contributed by atoms with E-state index < -0.39 is 0 Å². The first kappa shape index (κ1) is 29.7. The standard InChI is InChI=1S/C46H29N5O/c1-3-12-30(13-4-1)31-22-24-32(25-23-31)43-48-44(50-45(49-43)35-26-27-42-39(29-35)47-46(52-42)33-14-5-2-6-15-33)34-16-11-17-36(28-34)51-40-20-9-7-18-37(40)38-19-8-10-21-41(38)51/h1-29H. The third-order valence-electron chi connectivity index (χ3n) is 9.49. The summed E-state index contributed by atoms with van der Waals surface area (Å²) < 4.78 is 8.43. The van der Waals surface area contributed by atoms with Crippen molar-refractivity contribution in [2.75, 3.05) is 0 Å². The highest BCUT2D eigenvalue weighted by molar-refractivity contribution is 6.09. The van der Waals surface area contributed by atoms with Crippen LogP contribution < -0.4 is 0 Å². The first-order valence-electron chi connectivity index (χ1n) is 17.2. The summed E-state index contributed by atoms with van der Waals surface area (Å²) in [5, 5.41) is 2.43. The fraction of sp³-hybridized carbons (Fsp3) is 0. The van der Waals surface area contributed by atoms with E-state index in [-0.39, 0.29) is 0 Å². The summed E-state index contributed by atoms with van der Waals surface area (Å²) in [5.74, 6) is 2.30. The van der Waals surface area contributed by atoms with Gasteiger partial charge in [0.2, 0.25) is 5.89 Å². The number of benzene rings is 7. The van der Waals surface area contributed by atoms with Gasteiger partial charge in [-0.3, -0.25) is 0 Å². The van der Waals surface area contributed by atoms with Crippen LogP contribution in [0.2, 0.25) is 0 Å². The molecule has 3 heterocycles. The van der Waals surface area contributed by atoms with Crippen LogP contribution in [0.3, 0.4) is 0 Å². The molecule has 0 saturated carbocycles. The maximum absolute atomic E-state index is 6.12. The summed E-state index contributed by atoms with van der Waals surface area (Å²) in [7, 11) is 0. The minimum atomic E-state index is 0.556. The molecule has 0 bridgehead atoms. The SMILES string of the molecule is c1ccc(-c2ccc(-c3nc(-c4cccc(-n5c6ccccc6c6ccccc65)c4)nc(-c4ccc5oc(-c6ccccc6)nc5c4)n3)cc2)cc1. The maximum Gasteiger partial charge on any atom is 0.227 e. The average molecular weight is 668 g/mol. The Balaban J connectivity index is 1.12. The Morgan fingerprint density at radius 2 is 0.865 bits per heavy atom. The Labute approximate surface area is 299 Å². The summed E-state index contributed by atoms with van der Waals surface area (Å²) in [5.41, 5.74) is 10.6. The van der Waals surface area contributed by atoms with Gasteiger partial charge in [0, 0.05) is 38.7 Å². The van der Waals surface area contributed by atoms with Gasteiger partial charge in [-0.2, -0.15) is 0 Å². The molecular weight excluding hydrogens is 639 g/mol. The zero-order valence-electron chi connectivity index (χ0n) is 27.9. The summed E-state index contributed by atoms with van der Waals surface area (Å²) in [6, 6.07) is 60.1. The lowest BCUT2D eigenvalue weighted by Crippen LogP contribution is -2.01. The van der Waals surface area contributed by atoms with Gasteiger partial charge in [-0.15, -0.1) is 0 Å². The second kappa shape index (κ2) is 12.3. The molecule has 52 heavy (non-hydrogen) atoms. The molecule has 0 atom stereocenters. The Morgan fingerprint density at radius 3 is 1.54 bits per heavy atom. The normalized spacial score (nSPS) is 11.5. The molecule has 0 amide bonds. The number of hydrogen-bond donors (Lipinski definition) is 0. The lowest BCUT2D eigenvalue weighted by molar-refractivity contribution is 0.620. The highest BCUT2D eigenvalue weighted by Gasteiger charge is 2.17. The number of fused-ring (bicyclic) bond motifs is 4. The average Bonchev–Trinajstić information content (AvgIpc) is 3.81. The monoisotopic (exact) mass is 667 g/mol. The Kier molecular flexibility index (Phi) is 7.03. The zero-order valence-corrected chi connectivity index (χ0v) is 27.9. The number of para-hydroxylation sites is 2. The first-order chi connectivity index (χ1) is 25.7. The molecule has 244 valence electrons. The van der Waals surface area contributed by atoms with E-state index in [1.807, 2.05) is 54.6 Å². The van der Waals surface area contributed by atoms with Crippen molar-refractivity contribution in [1.82, 2.24) is 24.5 Å². The molecule has 0 spiro atoms. The van der Waals surface area contributed by atoms with Gasteiger partial charge in [-0.25, -0.2) is 19.9 Å². The fourth-order valence-corrected chi connectivity index (χ4v) is 6.96. The van der Waals surface area contributed by atoms with E-state index in [9.17, 15) is 0 Å². The van der Waals surface area contributed by atoms with Gasteiger partial charge < -0.3 is 8.98 Å². The van der Waals surface area contributed by atoms with Gasteiger partial charge in [0.25, 0.3) is 0 Å². The van der Waals surface area contributed by atoms with Gasteiger partial charge in [-0.1, -0.05) is 121 Å². The van der Waals surface area contributed by atoms with Crippen molar-refractivity contribution in [3.63, 3.8) is 0 Å². The Morgan fingerprint density at radius 1 is 0.365 bits per heavy atom. The second-order valence-electron chi connectivity index (χ2n) is 12.7. The summed E-state index contributed by atoms with van der Waals surface area (Å²) >= 11 is 0. The van der Waals surface area contributed by atoms with Gasteiger partial charge in [0.05, 0.1) is 11.0 Å². The third-order valence-corrected chi connectivity index (χ3v) is 9.49. The minimum absolute atomic E-state index is 0.556. The number of oxazole rings is 1. The smallest absolute Gasteiger partial charge is 0.227 e. The first-order valence-corrected chi connectivity index (χ1v) is 17.2. The molecule has 0 N–H and O–H groups in total. The topological polar surface area (TPSA) is 69.6 Å². The van der Waals surface area contributed by atoms with Crippen LogP contribution in [0.4, 0.5) is 0 Å². The van der Waals surface area contributed by atoms with Crippen molar-refractivity contribution >= 4 is 32.9 Å². The van der Waals surface area contributed by atoms with Gasteiger partial charge in [0.15, 0.2) is 23.1 Å². The van der Waals surface area contributed by atoms with E-state index in [1.165, 1.54) is 10.8 Å². The quantitative estimate of drug-likeness (QED) is 0.176. The van der Waals surface area contributed by atoms with E-state index in [0.717, 1.165) is 55.6 Å². The van der Waals surface area contributed by atoms with E-state index in [4.69, 9.17) is 24.4 Å². The molecule has 6 nitrogen and oxygen atoms in total. The van der Waals surface area contributed by atoms with Crippen molar-refractivity contribution in [3.8, 4) is 62.4 Å². The van der Waals surface area contributed by atoms with Gasteiger partial charge in [0.1, 0.15) is 5.52 Å². The lowest BCUT2D eigenvalue weighted by atomic mass is 10.0. The molecular formula is C46H29N5O. The molecule has 10 aromatic rings. The lowest BCUT2D eigenvalue weighted by Gasteiger charge is -2.12. The maximum atomic E-state index is 6.12. The van der Waals surface area contributed by atoms with Crippen LogP contribution in [0, 0.1) is 0 Å². The van der Waals surface area contributed by atoms with Gasteiger partial charge in [-0.05, 0) is 65.7 Å². The van der Waals surface area contributed by atoms with Crippen molar-refractivity contribution in [2.45, 2.75) is 0 Å². The fourth-order valence-electron chi connectivity index (χ4n) is 6.96. The highest BCUT2D eigenvalue weighted by atomic mass is 16.3. The molecule has 0 saturated heterocycles. The summed E-state index contributed by atoms with van der Waals surface area (Å²) in [6.07, 6.45) is 0. The van der Waals surface area contributed by atoms with E-state index in [1.54, 1.807) is 0 Å². The second-order valence-corrected chi connectivity index (χ2v) is 12.7.